The molecule has 0 bridgehead atoms. The fourth-order valence-corrected chi connectivity index (χ4v) is 2.67. The van der Waals surface area contributed by atoms with Crippen LogP contribution in [0, 0.1) is 19.8 Å². The Labute approximate surface area is 147 Å². The second kappa shape index (κ2) is 8.46. The fraction of sp³-hybridized carbons (Fsp3) is 0.421. The highest BCUT2D eigenvalue weighted by Gasteiger charge is 2.24. The number of benzene rings is 1. The van der Waals surface area contributed by atoms with Gasteiger partial charge in [0.15, 0.2) is 0 Å². The third-order valence-corrected chi connectivity index (χ3v) is 4.14. The lowest BCUT2D eigenvalue weighted by Crippen LogP contribution is -2.35. The molecule has 1 heterocycles. The van der Waals surface area contributed by atoms with Crippen LogP contribution in [0.5, 0.6) is 0 Å². The Balaban J connectivity index is 2.07. The third kappa shape index (κ3) is 4.68. The Bertz CT molecular complexity index is 734. The summed E-state index contributed by atoms with van der Waals surface area (Å²) in [6, 6.07) is 7.95. The van der Waals surface area contributed by atoms with Crippen molar-refractivity contribution in [2.45, 2.75) is 33.6 Å². The van der Waals surface area contributed by atoms with Gasteiger partial charge in [0.25, 0.3) is 5.91 Å². The average molecular weight is 344 g/mol. The summed E-state index contributed by atoms with van der Waals surface area (Å²) in [5, 5.41) is 6.69. The number of hydrogen-bond acceptors (Lipinski definition) is 5. The molecule has 0 fully saturated rings. The molecule has 1 unspecified atom stereocenters. The Hall–Kier alpha value is -2.63. The van der Waals surface area contributed by atoms with E-state index in [4.69, 9.17) is 9.26 Å². The lowest BCUT2D eigenvalue weighted by Gasteiger charge is -2.16. The maximum atomic E-state index is 12.5. The summed E-state index contributed by atoms with van der Waals surface area (Å²) in [4.78, 5) is 24.5. The Morgan fingerprint density at radius 1 is 1.24 bits per heavy atom. The molecule has 2 aromatic rings. The minimum absolute atomic E-state index is 0.188. The van der Waals surface area contributed by atoms with Crippen LogP contribution in [0.4, 0.5) is 0 Å². The highest BCUT2D eigenvalue weighted by Crippen LogP contribution is 2.15. The first-order valence-electron chi connectivity index (χ1n) is 8.33. The topological polar surface area (TPSA) is 81.4 Å². The molecular formula is C19H24N2O4. The van der Waals surface area contributed by atoms with Crippen molar-refractivity contribution < 1.29 is 18.8 Å². The van der Waals surface area contributed by atoms with Crippen molar-refractivity contribution in [1.82, 2.24) is 10.5 Å². The van der Waals surface area contributed by atoms with Gasteiger partial charge in [-0.25, -0.2) is 0 Å². The first-order chi connectivity index (χ1) is 12.0. The summed E-state index contributed by atoms with van der Waals surface area (Å²) in [5.74, 6) is -0.614. The molecule has 6 heteroatoms. The first kappa shape index (κ1) is 18.7. The Kier molecular flexibility index (Phi) is 6.33. The van der Waals surface area contributed by atoms with Crippen LogP contribution in [0.2, 0.25) is 0 Å². The third-order valence-electron chi connectivity index (χ3n) is 4.14. The summed E-state index contributed by atoms with van der Waals surface area (Å²) in [6.07, 6.45) is 1.10. The number of ether oxygens (including phenoxy) is 1. The van der Waals surface area contributed by atoms with E-state index in [9.17, 15) is 9.59 Å². The predicted octanol–water partition coefficient (Wildman–Crippen LogP) is 2.62. The van der Waals surface area contributed by atoms with E-state index in [0.29, 0.717) is 29.9 Å². The molecule has 1 aromatic heterocycles. The Morgan fingerprint density at radius 2 is 1.92 bits per heavy atom. The van der Waals surface area contributed by atoms with Crippen LogP contribution in [-0.4, -0.2) is 30.7 Å². The number of aromatic nitrogens is 1. The molecular weight excluding hydrogens is 320 g/mol. The highest BCUT2D eigenvalue weighted by molar-refractivity contribution is 5.96. The van der Waals surface area contributed by atoms with Gasteiger partial charge >= 0.3 is 5.97 Å². The monoisotopic (exact) mass is 344 g/mol. The zero-order valence-electron chi connectivity index (χ0n) is 15.1. The van der Waals surface area contributed by atoms with Gasteiger partial charge in [0.2, 0.25) is 0 Å². The molecule has 1 N–H and O–H groups in total. The number of aryl methyl sites for hydroxylation is 3. The maximum absolute atomic E-state index is 12.5. The zero-order chi connectivity index (χ0) is 18.4. The summed E-state index contributed by atoms with van der Waals surface area (Å²) in [7, 11) is 1.35. The van der Waals surface area contributed by atoms with E-state index in [1.165, 1.54) is 7.11 Å². The van der Waals surface area contributed by atoms with Crippen LogP contribution in [0.15, 0.2) is 28.8 Å². The lowest BCUT2D eigenvalue weighted by molar-refractivity contribution is -0.145. The summed E-state index contributed by atoms with van der Waals surface area (Å²) < 4.78 is 9.97. The predicted molar refractivity (Wildman–Crippen MR) is 93.3 cm³/mol. The zero-order valence-corrected chi connectivity index (χ0v) is 15.1. The van der Waals surface area contributed by atoms with Crippen LogP contribution in [0.3, 0.4) is 0 Å². The summed E-state index contributed by atoms with van der Waals surface area (Å²) in [6.45, 7) is 5.80. The molecule has 0 spiro atoms. The van der Waals surface area contributed by atoms with Crippen molar-refractivity contribution in [3.8, 4) is 0 Å². The maximum Gasteiger partial charge on any atom is 0.310 e. The summed E-state index contributed by atoms with van der Waals surface area (Å²) in [5.41, 5.74) is 3.23. The quantitative estimate of drug-likeness (QED) is 0.781. The van der Waals surface area contributed by atoms with Gasteiger partial charge in [0.05, 0.1) is 18.7 Å². The van der Waals surface area contributed by atoms with Gasteiger partial charge in [-0.3, -0.25) is 9.59 Å². The number of rotatable bonds is 7. The van der Waals surface area contributed by atoms with Gasteiger partial charge in [-0.15, -0.1) is 0 Å². The fourth-order valence-electron chi connectivity index (χ4n) is 2.67. The van der Waals surface area contributed by atoms with Crippen molar-refractivity contribution in [1.29, 1.82) is 0 Å². The van der Waals surface area contributed by atoms with E-state index in [0.717, 1.165) is 11.1 Å². The molecule has 25 heavy (non-hydrogen) atoms. The number of hydrogen-bond donors (Lipinski definition) is 1. The molecule has 0 saturated carbocycles. The number of esters is 1. The van der Waals surface area contributed by atoms with Gasteiger partial charge in [0.1, 0.15) is 11.3 Å². The highest BCUT2D eigenvalue weighted by atomic mass is 16.5. The number of methoxy groups -OCH3 is 1. The molecule has 1 aromatic carbocycles. The second-order valence-corrected chi connectivity index (χ2v) is 6.03. The van der Waals surface area contributed by atoms with Crippen molar-refractivity contribution in [3.05, 3.63) is 52.4 Å². The van der Waals surface area contributed by atoms with E-state index in [2.05, 4.69) is 10.5 Å². The number of carbonyl (C=O) groups excluding carboxylic acids is 2. The van der Waals surface area contributed by atoms with Crippen LogP contribution in [0.25, 0.3) is 0 Å². The van der Waals surface area contributed by atoms with Gasteiger partial charge in [-0.2, -0.15) is 0 Å². The summed E-state index contributed by atoms with van der Waals surface area (Å²) >= 11 is 0. The van der Waals surface area contributed by atoms with Crippen LogP contribution < -0.4 is 5.32 Å². The molecule has 0 aliphatic rings. The number of carbonyl (C=O) groups is 2. The van der Waals surface area contributed by atoms with Gasteiger partial charge in [0, 0.05) is 6.54 Å². The average Bonchev–Trinajstić information content (AvgIpc) is 3.00. The number of amides is 1. The van der Waals surface area contributed by atoms with E-state index in [1.54, 1.807) is 6.92 Å². The minimum Gasteiger partial charge on any atom is -0.469 e. The van der Waals surface area contributed by atoms with Crippen molar-refractivity contribution in [2.75, 3.05) is 13.7 Å². The van der Waals surface area contributed by atoms with Crippen LogP contribution in [-0.2, 0) is 22.4 Å². The lowest BCUT2D eigenvalue weighted by atomic mass is 9.98. The van der Waals surface area contributed by atoms with Gasteiger partial charge < -0.3 is 14.6 Å². The molecule has 2 rings (SSSR count). The smallest absolute Gasteiger partial charge is 0.310 e. The largest absolute Gasteiger partial charge is 0.469 e. The number of nitrogens with one attached hydrogen (secondary N) is 1. The standard InChI is InChI=1S/C19H24N2O4/c1-5-16-17(13(3)25-21-16)18(22)20-11-15(19(23)24-4)10-14-8-6-12(2)7-9-14/h6-9,15H,5,10-11H2,1-4H3,(H,20,22). The van der Waals surface area contributed by atoms with Crippen LogP contribution in [0.1, 0.15) is 39.9 Å². The normalized spacial score (nSPS) is 11.8. The molecule has 0 aliphatic carbocycles. The molecule has 6 nitrogen and oxygen atoms in total. The molecule has 0 radical (unpaired) electrons. The molecule has 0 saturated heterocycles. The molecule has 134 valence electrons. The van der Waals surface area contributed by atoms with Gasteiger partial charge in [-0.1, -0.05) is 41.9 Å². The Morgan fingerprint density at radius 3 is 2.52 bits per heavy atom. The molecule has 0 aliphatic heterocycles. The van der Waals surface area contributed by atoms with E-state index < -0.39 is 5.92 Å². The minimum atomic E-state index is -0.457. The van der Waals surface area contributed by atoms with Crippen LogP contribution >= 0.6 is 0 Å². The van der Waals surface area contributed by atoms with E-state index in [1.807, 2.05) is 38.1 Å². The van der Waals surface area contributed by atoms with Crippen molar-refractivity contribution in [2.24, 2.45) is 5.92 Å². The number of nitrogens with zero attached hydrogens (tertiary/aromatic N) is 1. The molecule has 1 amide bonds. The first-order valence-corrected chi connectivity index (χ1v) is 8.33. The van der Waals surface area contributed by atoms with Crippen molar-refractivity contribution in [3.63, 3.8) is 0 Å². The van der Waals surface area contributed by atoms with Gasteiger partial charge in [-0.05, 0) is 32.3 Å². The van der Waals surface area contributed by atoms with E-state index in [-0.39, 0.29) is 18.4 Å². The second-order valence-electron chi connectivity index (χ2n) is 6.03. The van der Waals surface area contributed by atoms with E-state index >= 15 is 0 Å². The molecule has 1 atom stereocenters. The SMILES string of the molecule is CCc1noc(C)c1C(=O)NCC(Cc1ccc(C)cc1)C(=O)OC. The van der Waals surface area contributed by atoms with Crippen molar-refractivity contribution >= 4 is 11.9 Å².